The summed E-state index contributed by atoms with van der Waals surface area (Å²) >= 11 is 3.18. The molecule has 14 heavy (non-hydrogen) atoms. The summed E-state index contributed by atoms with van der Waals surface area (Å²) in [6.07, 6.45) is 2.35. The molecular weight excluding hydrogens is 246 g/mol. The number of hydrogen-bond donors (Lipinski definition) is 0. The third-order valence-electron chi connectivity index (χ3n) is 2.67. The van der Waals surface area contributed by atoms with Gasteiger partial charge in [0.1, 0.15) is 0 Å². The molecule has 1 saturated heterocycles. The summed E-state index contributed by atoms with van der Waals surface area (Å²) in [6.45, 7) is 5.54. The average Bonchev–Trinajstić information content (AvgIpc) is 2.70. The Labute approximate surface area is 91.8 Å². The van der Waals surface area contributed by atoms with E-state index in [4.69, 9.17) is 4.52 Å². The van der Waals surface area contributed by atoms with Crippen LogP contribution < -0.4 is 0 Å². The van der Waals surface area contributed by atoms with E-state index in [1.54, 1.807) is 0 Å². The molecule has 0 spiro atoms. The van der Waals surface area contributed by atoms with E-state index >= 15 is 0 Å². The molecule has 0 bridgehead atoms. The van der Waals surface area contributed by atoms with Crippen molar-refractivity contribution < 1.29 is 4.52 Å². The van der Waals surface area contributed by atoms with Gasteiger partial charge in [-0.25, -0.2) is 0 Å². The zero-order valence-electron chi connectivity index (χ0n) is 8.40. The smallest absolute Gasteiger partial charge is 0.293 e. The van der Waals surface area contributed by atoms with Crippen molar-refractivity contribution in [1.82, 2.24) is 15.0 Å². The third kappa shape index (κ3) is 1.83. The topological polar surface area (TPSA) is 42.2 Å². The summed E-state index contributed by atoms with van der Waals surface area (Å²) in [4.78, 5) is 7.11. The second-order valence-electron chi connectivity index (χ2n) is 3.90. The van der Waals surface area contributed by atoms with Crippen LogP contribution >= 0.6 is 15.9 Å². The minimum Gasteiger partial charge on any atom is -0.327 e. The van der Waals surface area contributed by atoms with Crippen molar-refractivity contribution in [3.63, 3.8) is 0 Å². The highest BCUT2D eigenvalue weighted by molar-refractivity contribution is 9.10. The van der Waals surface area contributed by atoms with Crippen molar-refractivity contribution in [3.8, 4) is 0 Å². The standard InChI is InChI=1S/C9H14BrN3O/c1-6(2)13-5-3-4-7(13)8-11-9(10)14-12-8/h6-7H,3-5H2,1-2H3. The molecule has 1 atom stereocenters. The van der Waals surface area contributed by atoms with E-state index in [9.17, 15) is 0 Å². The highest BCUT2D eigenvalue weighted by Gasteiger charge is 2.31. The Morgan fingerprint density at radius 3 is 2.93 bits per heavy atom. The quantitative estimate of drug-likeness (QED) is 0.818. The Hall–Kier alpha value is -0.420. The summed E-state index contributed by atoms with van der Waals surface area (Å²) in [5, 5.41) is 3.96. The molecular formula is C9H14BrN3O. The van der Waals surface area contributed by atoms with Crippen molar-refractivity contribution >= 4 is 15.9 Å². The predicted molar refractivity (Wildman–Crippen MR) is 55.8 cm³/mol. The van der Waals surface area contributed by atoms with Crippen LogP contribution in [-0.4, -0.2) is 27.6 Å². The van der Waals surface area contributed by atoms with Gasteiger partial charge in [0.25, 0.3) is 4.80 Å². The van der Waals surface area contributed by atoms with Crippen LogP contribution in [0.5, 0.6) is 0 Å². The number of halogens is 1. The van der Waals surface area contributed by atoms with Crippen LogP contribution in [0.25, 0.3) is 0 Å². The Balaban J connectivity index is 2.17. The fourth-order valence-corrected chi connectivity index (χ4v) is 2.29. The molecule has 1 aliphatic rings. The van der Waals surface area contributed by atoms with Crippen molar-refractivity contribution in [2.24, 2.45) is 0 Å². The second kappa shape index (κ2) is 3.98. The molecule has 0 saturated carbocycles. The largest absolute Gasteiger partial charge is 0.327 e. The van der Waals surface area contributed by atoms with E-state index in [0.717, 1.165) is 18.8 Å². The fourth-order valence-electron chi connectivity index (χ4n) is 2.04. The molecule has 1 fully saturated rings. The molecule has 1 unspecified atom stereocenters. The van der Waals surface area contributed by atoms with Gasteiger partial charge >= 0.3 is 0 Å². The number of hydrogen-bond acceptors (Lipinski definition) is 4. The SMILES string of the molecule is CC(C)N1CCCC1c1noc(Br)n1. The molecule has 0 aromatic carbocycles. The molecule has 0 amide bonds. The van der Waals surface area contributed by atoms with Crippen LogP contribution in [0.15, 0.2) is 9.32 Å². The van der Waals surface area contributed by atoms with E-state index < -0.39 is 0 Å². The van der Waals surface area contributed by atoms with Crippen LogP contribution in [0.4, 0.5) is 0 Å². The highest BCUT2D eigenvalue weighted by atomic mass is 79.9. The first kappa shape index (κ1) is 10.1. The first-order valence-corrected chi connectivity index (χ1v) is 5.72. The molecule has 0 aliphatic carbocycles. The molecule has 0 N–H and O–H groups in total. The van der Waals surface area contributed by atoms with Gasteiger partial charge in [0.15, 0.2) is 5.82 Å². The molecule has 5 heteroatoms. The minimum atomic E-state index is 0.338. The number of likely N-dealkylation sites (tertiary alicyclic amines) is 1. The minimum absolute atomic E-state index is 0.338. The summed E-state index contributed by atoms with van der Waals surface area (Å²) in [5.41, 5.74) is 0. The Bertz CT molecular complexity index is 313. The number of nitrogens with zero attached hydrogens (tertiary/aromatic N) is 3. The zero-order valence-corrected chi connectivity index (χ0v) is 9.99. The zero-order chi connectivity index (χ0) is 10.1. The van der Waals surface area contributed by atoms with E-state index in [1.807, 2.05) is 0 Å². The number of aromatic nitrogens is 2. The van der Waals surface area contributed by atoms with Gasteiger partial charge in [-0.1, -0.05) is 5.16 Å². The molecule has 1 aliphatic heterocycles. The van der Waals surface area contributed by atoms with E-state index in [2.05, 4.69) is 44.8 Å². The Morgan fingerprint density at radius 1 is 1.57 bits per heavy atom. The van der Waals surface area contributed by atoms with Crippen LogP contribution in [0.2, 0.25) is 0 Å². The molecule has 1 aromatic rings. The Morgan fingerprint density at radius 2 is 2.36 bits per heavy atom. The van der Waals surface area contributed by atoms with E-state index in [0.29, 0.717) is 16.9 Å². The van der Waals surface area contributed by atoms with Gasteiger partial charge in [0, 0.05) is 22.0 Å². The maximum atomic E-state index is 4.93. The normalized spacial score (nSPS) is 23.6. The van der Waals surface area contributed by atoms with Gasteiger partial charge in [0.2, 0.25) is 0 Å². The van der Waals surface area contributed by atoms with Crippen molar-refractivity contribution in [2.75, 3.05) is 6.54 Å². The lowest BCUT2D eigenvalue weighted by molar-refractivity contribution is 0.195. The highest BCUT2D eigenvalue weighted by Crippen LogP contribution is 2.32. The first-order chi connectivity index (χ1) is 6.68. The average molecular weight is 260 g/mol. The van der Waals surface area contributed by atoms with Crippen LogP contribution in [0, 0.1) is 0 Å². The van der Waals surface area contributed by atoms with Crippen LogP contribution in [0.1, 0.15) is 38.6 Å². The van der Waals surface area contributed by atoms with Crippen molar-refractivity contribution in [2.45, 2.75) is 38.8 Å². The fraction of sp³-hybridized carbons (Fsp3) is 0.778. The molecule has 1 aromatic heterocycles. The predicted octanol–water partition coefficient (Wildman–Crippen LogP) is 2.38. The monoisotopic (exact) mass is 259 g/mol. The molecule has 2 rings (SSSR count). The van der Waals surface area contributed by atoms with Crippen LogP contribution in [-0.2, 0) is 0 Å². The lowest BCUT2D eigenvalue weighted by Crippen LogP contribution is -2.30. The lowest BCUT2D eigenvalue weighted by Gasteiger charge is -2.25. The molecule has 4 nitrogen and oxygen atoms in total. The molecule has 78 valence electrons. The van der Waals surface area contributed by atoms with Gasteiger partial charge in [0.05, 0.1) is 6.04 Å². The molecule has 2 heterocycles. The summed E-state index contributed by atoms with van der Waals surface area (Å²) in [7, 11) is 0. The van der Waals surface area contributed by atoms with E-state index in [-0.39, 0.29) is 0 Å². The van der Waals surface area contributed by atoms with Gasteiger partial charge < -0.3 is 4.52 Å². The van der Waals surface area contributed by atoms with Gasteiger partial charge in [-0.05, 0) is 33.2 Å². The summed E-state index contributed by atoms with van der Waals surface area (Å²) < 4.78 is 4.93. The van der Waals surface area contributed by atoms with Crippen LogP contribution in [0.3, 0.4) is 0 Å². The van der Waals surface area contributed by atoms with Crippen molar-refractivity contribution in [1.29, 1.82) is 0 Å². The maximum absolute atomic E-state index is 4.93. The maximum Gasteiger partial charge on any atom is 0.293 e. The van der Waals surface area contributed by atoms with Gasteiger partial charge in [-0.2, -0.15) is 4.98 Å². The first-order valence-electron chi connectivity index (χ1n) is 4.93. The van der Waals surface area contributed by atoms with E-state index in [1.165, 1.54) is 6.42 Å². The lowest BCUT2D eigenvalue weighted by atomic mass is 10.2. The van der Waals surface area contributed by atoms with Crippen molar-refractivity contribution in [3.05, 3.63) is 10.6 Å². The van der Waals surface area contributed by atoms with Gasteiger partial charge in [-0.15, -0.1) is 0 Å². The number of rotatable bonds is 2. The summed E-state index contributed by atoms with van der Waals surface area (Å²) in [6, 6.07) is 0.879. The van der Waals surface area contributed by atoms with Gasteiger partial charge in [-0.3, -0.25) is 4.90 Å². The molecule has 0 radical (unpaired) electrons. The summed E-state index contributed by atoms with van der Waals surface area (Å²) in [5.74, 6) is 0.808. The second-order valence-corrected chi connectivity index (χ2v) is 4.57. The Kier molecular flexibility index (Phi) is 2.88. The third-order valence-corrected chi connectivity index (χ3v) is 2.99.